The first-order valence-electron chi connectivity index (χ1n) is 9.66. The number of morpholine rings is 1. The molecule has 2 aliphatic carbocycles. The number of ether oxygens (including phenoxy) is 1. The molecule has 1 aromatic carbocycles. The third-order valence-corrected chi connectivity index (χ3v) is 7.31. The van der Waals surface area contributed by atoms with Crippen LogP contribution in [0.4, 0.5) is 5.69 Å². The summed E-state index contributed by atoms with van der Waals surface area (Å²) < 4.78 is 5.38. The molecule has 1 N–H and O–H groups in total. The average Bonchev–Trinajstić information content (AvgIpc) is 2.96. The van der Waals surface area contributed by atoms with E-state index >= 15 is 0 Å². The van der Waals surface area contributed by atoms with Crippen molar-refractivity contribution in [3.8, 4) is 0 Å². The Labute approximate surface area is 159 Å². The molecule has 1 aliphatic heterocycles. The van der Waals surface area contributed by atoms with Crippen LogP contribution in [0.3, 0.4) is 0 Å². The molecule has 6 heteroatoms. The molecule has 2 atom stereocenters. The third-order valence-electron chi connectivity index (χ3n) is 7.31. The van der Waals surface area contributed by atoms with E-state index in [1.807, 2.05) is 35.2 Å². The standard InChI is InChI=1S/C21H27N3O3/c1-19(2)20(3)9-10-21(19,18(26)24-11-13-27-14-12-24)17(25)16(20)23-22-15-7-5-4-6-8-15/h4-8,22H,9-14H2,1-3H3. The van der Waals surface area contributed by atoms with Gasteiger partial charge in [-0.3, -0.25) is 15.0 Å². The average molecular weight is 369 g/mol. The minimum absolute atomic E-state index is 0.0468. The smallest absolute Gasteiger partial charge is 0.237 e. The number of anilines is 1. The van der Waals surface area contributed by atoms with Crippen LogP contribution in [-0.4, -0.2) is 48.6 Å². The van der Waals surface area contributed by atoms with Crippen molar-refractivity contribution in [3.05, 3.63) is 30.3 Å². The first kappa shape index (κ1) is 18.2. The summed E-state index contributed by atoms with van der Waals surface area (Å²) in [6.45, 7) is 8.36. The van der Waals surface area contributed by atoms with E-state index < -0.39 is 16.2 Å². The van der Waals surface area contributed by atoms with E-state index in [1.54, 1.807) is 0 Å². The van der Waals surface area contributed by atoms with Crippen molar-refractivity contribution < 1.29 is 14.3 Å². The molecule has 3 fully saturated rings. The van der Waals surface area contributed by atoms with Crippen molar-refractivity contribution in [2.24, 2.45) is 21.3 Å². The molecule has 2 saturated carbocycles. The Kier molecular flexibility index (Phi) is 4.14. The number of carbonyl (C=O) groups is 2. The van der Waals surface area contributed by atoms with Gasteiger partial charge < -0.3 is 9.64 Å². The monoisotopic (exact) mass is 369 g/mol. The van der Waals surface area contributed by atoms with E-state index in [-0.39, 0.29) is 11.7 Å². The third kappa shape index (κ3) is 2.32. The van der Waals surface area contributed by atoms with Crippen molar-refractivity contribution in [3.63, 3.8) is 0 Å². The number of nitrogens with one attached hydrogen (secondary N) is 1. The van der Waals surface area contributed by atoms with E-state index in [1.165, 1.54) is 0 Å². The van der Waals surface area contributed by atoms with E-state index in [0.29, 0.717) is 38.4 Å². The normalized spacial score (nSPS) is 33.5. The zero-order valence-electron chi connectivity index (χ0n) is 16.2. The van der Waals surface area contributed by atoms with E-state index in [9.17, 15) is 9.59 Å². The fourth-order valence-electron chi connectivity index (χ4n) is 5.11. The summed E-state index contributed by atoms with van der Waals surface area (Å²) in [6, 6.07) is 9.58. The number of rotatable bonds is 3. The van der Waals surface area contributed by atoms with Crippen LogP contribution in [-0.2, 0) is 14.3 Å². The summed E-state index contributed by atoms with van der Waals surface area (Å²) in [6.07, 6.45) is 1.38. The molecule has 1 saturated heterocycles. The van der Waals surface area contributed by atoms with Gasteiger partial charge in [-0.15, -0.1) is 0 Å². The Morgan fingerprint density at radius 3 is 2.44 bits per heavy atom. The summed E-state index contributed by atoms with van der Waals surface area (Å²) >= 11 is 0. The van der Waals surface area contributed by atoms with Crippen LogP contribution in [0.5, 0.6) is 0 Å². The second-order valence-corrected chi connectivity index (χ2v) is 8.53. The number of hydrazone groups is 1. The Morgan fingerprint density at radius 1 is 1.11 bits per heavy atom. The molecule has 2 unspecified atom stereocenters. The number of fused-ring (bicyclic) bond motifs is 2. The topological polar surface area (TPSA) is 71.0 Å². The molecule has 2 bridgehead atoms. The molecule has 27 heavy (non-hydrogen) atoms. The van der Waals surface area contributed by atoms with Crippen LogP contribution in [0.2, 0.25) is 0 Å². The molecular weight excluding hydrogens is 342 g/mol. The number of amides is 1. The van der Waals surface area contributed by atoms with E-state index in [2.05, 4.69) is 31.3 Å². The Balaban J connectivity index is 1.71. The van der Waals surface area contributed by atoms with Gasteiger partial charge in [0, 0.05) is 18.5 Å². The summed E-state index contributed by atoms with van der Waals surface area (Å²) in [5.74, 6) is -0.157. The molecule has 1 amide bonds. The highest BCUT2D eigenvalue weighted by Gasteiger charge is 2.77. The van der Waals surface area contributed by atoms with Crippen molar-refractivity contribution >= 4 is 23.1 Å². The molecule has 1 heterocycles. The quantitative estimate of drug-likeness (QED) is 0.657. The van der Waals surface area contributed by atoms with Gasteiger partial charge in [0.25, 0.3) is 0 Å². The van der Waals surface area contributed by atoms with Gasteiger partial charge in [-0.2, -0.15) is 5.10 Å². The number of benzene rings is 1. The lowest BCUT2D eigenvalue weighted by Crippen LogP contribution is -2.54. The van der Waals surface area contributed by atoms with E-state index in [4.69, 9.17) is 4.74 Å². The second kappa shape index (κ2) is 6.16. The van der Waals surface area contributed by atoms with Gasteiger partial charge in [-0.1, -0.05) is 39.0 Å². The molecule has 144 valence electrons. The van der Waals surface area contributed by atoms with Crippen LogP contribution >= 0.6 is 0 Å². The summed E-state index contributed by atoms with van der Waals surface area (Å²) in [5, 5.41) is 4.52. The number of carbonyl (C=O) groups excluding carboxylic acids is 2. The molecular formula is C21H27N3O3. The van der Waals surface area contributed by atoms with Gasteiger partial charge in [-0.25, -0.2) is 0 Å². The summed E-state index contributed by atoms with van der Waals surface area (Å²) in [5.41, 5.74) is 2.43. The fraction of sp³-hybridized carbons (Fsp3) is 0.571. The minimum Gasteiger partial charge on any atom is -0.378 e. The first-order valence-corrected chi connectivity index (χ1v) is 9.66. The van der Waals surface area contributed by atoms with Gasteiger partial charge in [0.15, 0.2) is 5.78 Å². The first-order chi connectivity index (χ1) is 12.8. The number of para-hydroxylation sites is 1. The zero-order chi connectivity index (χ0) is 19.3. The van der Waals surface area contributed by atoms with Gasteiger partial charge >= 0.3 is 0 Å². The lowest BCUT2D eigenvalue weighted by molar-refractivity contribution is -0.156. The molecule has 1 aromatic rings. The van der Waals surface area contributed by atoms with E-state index in [0.717, 1.165) is 12.1 Å². The number of ketones is 1. The number of nitrogens with zero attached hydrogens (tertiary/aromatic N) is 2. The van der Waals surface area contributed by atoms with Crippen LogP contribution < -0.4 is 5.43 Å². The molecule has 0 spiro atoms. The van der Waals surface area contributed by atoms with Gasteiger partial charge in [-0.05, 0) is 30.4 Å². The van der Waals surface area contributed by atoms with Crippen LogP contribution in [0.15, 0.2) is 35.4 Å². The Hall–Kier alpha value is -2.21. The lowest BCUT2D eigenvalue weighted by Gasteiger charge is -2.41. The van der Waals surface area contributed by atoms with Gasteiger partial charge in [0.1, 0.15) is 11.1 Å². The number of Topliss-reactive ketones (excluding diaryl/α,β-unsaturated/α-hetero) is 1. The highest BCUT2D eigenvalue weighted by Crippen LogP contribution is 2.69. The maximum atomic E-state index is 13.6. The van der Waals surface area contributed by atoms with Crippen molar-refractivity contribution in [1.29, 1.82) is 0 Å². The Bertz CT molecular complexity index is 798. The van der Waals surface area contributed by atoms with Crippen molar-refractivity contribution in [2.75, 3.05) is 31.7 Å². The molecule has 6 nitrogen and oxygen atoms in total. The molecule has 0 radical (unpaired) electrons. The largest absolute Gasteiger partial charge is 0.378 e. The fourth-order valence-corrected chi connectivity index (χ4v) is 5.11. The highest BCUT2D eigenvalue weighted by atomic mass is 16.5. The number of hydrogen-bond acceptors (Lipinski definition) is 5. The highest BCUT2D eigenvalue weighted by molar-refractivity contribution is 6.50. The lowest BCUT2D eigenvalue weighted by atomic mass is 9.64. The SMILES string of the molecule is CC12CCC(C(=O)N3CCOCC3)(C(=O)C1=NNc1ccccc1)C2(C)C. The van der Waals surface area contributed by atoms with Gasteiger partial charge in [0.05, 0.1) is 18.9 Å². The minimum atomic E-state index is -1.02. The molecule has 4 rings (SSSR count). The zero-order valence-corrected chi connectivity index (χ0v) is 16.2. The van der Waals surface area contributed by atoms with Crippen LogP contribution in [0, 0.1) is 16.2 Å². The maximum Gasteiger partial charge on any atom is 0.237 e. The van der Waals surface area contributed by atoms with Crippen molar-refractivity contribution in [1.82, 2.24) is 4.90 Å². The summed E-state index contributed by atoms with van der Waals surface area (Å²) in [7, 11) is 0. The molecule has 3 aliphatic rings. The predicted octanol–water partition coefficient (Wildman–Crippen LogP) is 2.71. The summed E-state index contributed by atoms with van der Waals surface area (Å²) in [4.78, 5) is 28.9. The van der Waals surface area contributed by atoms with Gasteiger partial charge in [0.2, 0.25) is 5.91 Å². The second-order valence-electron chi connectivity index (χ2n) is 8.53. The van der Waals surface area contributed by atoms with Crippen LogP contribution in [0.25, 0.3) is 0 Å². The van der Waals surface area contributed by atoms with Crippen LogP contribution in [0.1, 0.15) is 33.6 Å². The molecule has 0 aromatic heterocycles. The predicted molar refractivity (Wildman–Crippen MR) is 103 cm³/mol. The Morgan fingerprint density at radius 2 is 1.78 bits per heavy atom. The van der Waals surface area contributed by atoms with Crippen molar-refractivity contribution in [2.45, 2.75) is 33.6 Å². The maximum absolute atomic E-state index is 13.6. The number of hydrogen-bond donors (Lipinski definition) is 1.